The monoisotopic (exact) mass is 1040 g/mol. The average Bonchev–Trinajstić information content (AvgIpc) is 3.70. The summed E-state index contributed by atoms with van der Waals surface area (Å²) in [6.07, 6.45) is -5.35. The first-order valence-electron chi connectivity index (χ1n) is 23.0. The molecule has 71 heavy (non-hydrogen) atoms. The number of benzene rings is 3. The van der Waals surface area contributed by atoms with Crippen molar-refractivity contribution in [3.8, 4) is 50.7 Å². The molecule has 0 amide bonds. The van der Waals surface area contributed by atoms with E-state index < -0.39 is 51.5 Å². The number of piperazine rings is 1. The molecule has 2 atom stereocenters. The number of fused-ring (bicyclic) bond motifs is 1. The topological polar surface area (TPSA) is 162 Å². The Morgan fingerprint density at radius 1 is 0.944 bits per heavy atom. The molecule has 0 saturated carbocycles. The molecule has 0 spiro atoms. The fraction of sp³-hybridized carbons (Fsp3) is 0.420. The van der Waals surface area contributed by atoms with Crippen LogP contribution >= 0.6 is 22.9 Å². The van der Waals surface area contributed by atoms with Crippen molar-refractivity contribution in [2.24, 2.45) is 0 Å². The van der Waals surface area contributed by atoms with Crippen molar-refractivity contribution in [1.29, 1.82) is 0 Å². The second-order valence-electron chi connectivity index (χ2n) is 18.9. The Morgan fingerprint density at radius 3 is 2.34 bits per heavy atom. The number of hydrogen-bond donors (Lipinski definition) is 2. The number of ether oxygens (including phenoxy) is 4. The summed E-state index contributed by atoms with van der Waals surface area (Å²) in [4.78, 5) is 36.2. The van der Waals surface area contributed by atoms with Gasteiger partial charge in [0, 0.05) is 61.3 Å². The summed E-state index contributed by atoms with van der Waals surface area (Å²) < 4.78 is 83.5. The third-order valence-corrected chi connectivity index (χ3v) is 18.5. The summed E-state index contributed by atoms with van der Waals surface area (Å²) in [5.74, 6) is -0.666. The normalized spacial score (nSPS) is 14.8. The highest BCUT2D eigenvalue weighted by Gasteiger charge is 2.39. The van der Waals surface area contributed by atoms with E-state index in [9.17, 15) is 32.6 Å². The molecule has 21 heteroatoms. The van der Waals surface area contributed by atoms with Crippen LogP contribution in [0.3, 0.4) is 0 Å². The summed E-state index contributed by atoms with van der Waals surface area (Å²) >= 11 is 8.41. The lowest BCUT2D eigenvalue weighted by Gasteiger charge is -2.36. The van der Waals surface area contributed by atoms with Gasteiger partial charge in [0.1, 0.15) is 53.5 Å². The van der Waals surface area contributed by atoms with Gasteiger partial charge < -0.3 is 38.5 Å². The van der Waals surface area contributed by atoms with Crippen LogP contribution < -0.4 is 23.4 Å². The summed E-state index contributed by atoms with van der Waals surface area (Å²) in [5.41, 5.74) is 3.15. The molecule has 1 fully saturated rings. The van der Waals surface area contributed by atoms with Crippen LogP contribution in [0.25, 0.3) is 31.8 Å². The van der Waals surface area contributed by atoms with E-state index in [1.54, 1.807) is 36.4 Å². The van der Waals surface area contributed by atoms with E-state index in [0.717, 1.165) is 26.2 Å². The van der Waals surface area contributed by atoms with Gasteiger partial charge in [0.25, 0.3) is 0 Å². The van der Waals surface area contributed by atoms with Crippen molar-refractivity contribution >= 4 is 47.4 Å². The van der Waals surface area contributed by atoms with E-state index in [4.69, 9.17) is 35.0 Å². The maximum absolute atomic E-state index is 14.4. The Kier molecular flexibility index (Phi) is 16.8. The summed E-state index contributed by atoms with van der Waals surface area (Å²) in [6, 6.07) is 15.9. The van der Waals surface area contributed by atoms with Crippen LogP contribution in [0, 0.1) is 12.7 Å². The number of aliphatic hydroxyl groups excluding tert-OH is 1. The molecule has 0 radical (unpaired) electrons. The van der Waals surface area contributed by atoms with Gasteiger partial charge in [-0.25, -0.2) is 24.1 Å². The molecule has 3 aromatic heterocycles. The number of rotatable bonds is 20. The molecule has 0 aliphatic carbocycles. The molecular formula is C50H57ClF4N6O8SSi. The van der Waals surface area contributed by atoms with Crippen LogP contribution in [-0.4, -0.2) is 126 Å². The molecule has 2 N–H and O–H groups in total. The molecule has 6 aromatic rings. The molecule has 7 rings (SSSR count). The number of nitrogens with zero attached hydrogens (tertiary/aromatic N) is 6. The number of aliphatic carboxylic acids is 1. The Bertz CT molecular complexity index is 2810. The zero-order valence-electron chi connectivity index (χ0n) is 40.5. The number of hydrogen-bond acceptors (Lipinski definition) is 14. The lowest BCUT2D eigenvalue weighted by molar-refractivity contribution is -0.145. The van der Waals surface area contributed by atoms with Crippen LogP contribution in [0.2, 0.25) is 23.2 Å². The minimum absolute atomic E-state index is 0.0411. The minimum Gasteiger partial charge on any atom is -0.543 e. The van der Waals surface area contributed by atoms with Crippen LogP contribution in [0.15, 0.2) is 73.2 Å². The van der Waals surface area contributed by atoms with Gasteiger partial charge in [-0.3, -0.25) is 4.90 Å². The Balaban J connectivity index is 1.24. The lowest BCUT2D eigenvalue weighted by Crippen LogP contribution is -2.48. The molecule has 380 valence electrons. The maximum Gasteiger partial charge on any atom is 0.392 e. The number of aromatic nitrogens is 4. The molecule has 3 aromatic carbocycles. The number of likely N-dealkylation sites (N-methyl/N-ethyl adjacent to an activating group) is 1. The zero-order valence-corrected chi connectivity index (χ0v) is 43.1. The predicted molar refractivity (Wildman–Crippen MR) is 266 cm³/mol. The second-order valence-corrected chi connectivity index (χ2v) is 25.0. The highest BCUT2D eigenvalue weighted by atomic mass is 35.5. The SMILES string of the molecule is Cc1c(-c2c(-c3ccc(F)cc3)sc3ncnc(OC(Cc4cc(O[Si](C)(C)C(C)(C)C)ccc4OCc4ccnc(OCCC(F)(F)F)n4)C(=O)O)c23)ccc(OC(CO)CN2CCN(C)CC2)c1Cl. The van der Waals surface area contributed by atoms with Crippen LogP contribution in [0.4, 0.5) is 17.6 Å². The van der Waals surface area contributed by atoms with Crippen molar-refractivity contribution in [2.75, 3.05) is 53.0 Å². The third-order valence-electron chi connectivity index (χ3n) is 12.6. The smallest absolute Gasteiger partial charge is 0.392 e. The second kappa shape index (κ2) is 22.4. The largest absolute Gasteiger partial charge is 0.543 e. The van der Waals surface area contributed by atoms with Gasteiger partial charge in [0.2, 0.25) is 20.3 Å². The van der Waals surface area contributed by atoms with Gasteiger partial charge in [-0.15, -0.1) is 11.3 Å². The highest BCUT2D eigenvalue weighted by Crippen LogP contribution is 2.50. The number of halogens is 5. The summed E-state index contributed by atoms with van der Waals surface area (Å²) in [6.45, 7) is 15.2. The Hall–Kier alpha value is -5.64. The van der Waals surface area contributed by atoms with E-state index in [1.165, 1.54) is 42.1 Å². The average molecular weight is 1040 g/mol. The lowest BCUT2D eigenvalue weighted by atomic mass is 9.96. The van der Waals surface area contributed by atoms with Gasteiger partial charge in [-0.2, -0.15) is 18.2 Å². The molecule has 1 aliphatic rings. The van der Waals surface area contributed by atoms with Gasteiger partial charge in [-0.1, -0.05) is 50.6 Å². The molecule has 2 unspecified atom stereocenters. The standard InChI is InChI=1S/C50H57ClF4N6O8SSi/c1-30-37(13-15-39(43(30)51)67-36(27-62)26-61-21-19-60(5)20-22-61)41-42-45(57-29-58-46(42)70-44(41)31-8-10-33(52)11-9-31)68-40(47(63)64)25-32-24-35(69-71(6,7)49(2,3)4)12-14-38(32)66-28-34-16-18-56-48(59-34)65-23-17-50(53,54)55/h8-16,18,24,29,36,40,62H,17,19-23,25-28H2,1-7H3,(H,63,64). The zero-order chi connectivity index (χ0) is 51.3. The fourth-order valence-corrected chi connectivity index (χ4v) is 9.91. The van der Waals surface area contributed by atoms with Crippen LogP contribution in [0.1, 0.15) is 44.0 Å². The van der Waals surface area contributed by atoms with Gasteiger partial charge in [0.15, 0.2) is 0 Å². The molecule has 14 nitrogen and oxygen atoms in total. The third kappa shape index (κ3) is 13.5. The van der Waals surface area contributed by atoms with Crippen molar-refractivity contribution in [3.05, 3.63) is 101 Å². The van der Waals surface area contributed by atoms with E-state index in [2.05, 4.69) is 70.6 Å². The van der Waals surface area contributed by atoms with Gasteiger partial charge in [-0.05, 0) is 91.3 Å². The first-order chi connectivity index (χ1) is 33.6. The first-order valence-corrected chi connectivity index (χ1v) is 27.1. The molecular weight excluding hydrogens is 984 g/mol. The number of carboxylic acids is 1. The molecule has 0 bridgehead atoms. The first kappa shape index (κ1) is 53.2. The summed E-state index contributed by atoms with van der Waals surface area (Å²) in [7, 11) is -0.328. The van der Waals surface area contributed by atoms with Gasteiger partial charge >= 0.3 is 18.2 Å². The quantitative estimate of drug-likeness (QED) is 0.0549. The summed E-state index contributed by atoms with van der Waals surface area (Å²) in [5, 5.41) is 21.7. The van der Waals surface area contributed by atoms with E-state index in [1.807, 2.05) is 13.0 Å². The number of carboxylic acid groups (broad SMARTS) is 1. The fourth-order valence-electron chi connectivity index (χ4n) is 7.53. The Morgan fingerprint density at radius 2 is 1.66 bits per heavy atom. The van der Waals surface area contributed by atoms with E-state index in [-0.39, 0.29) is 42.3 Å². The van der Waals surface area contributed by atoms with E-state index in [0.29, 0.717) is 71.7 Å². The van der Waals surface area contributed by atoms with Crippen LogP contribution in [-0.2, 0) is 17.8 Å². The van der Waals surface area contributed by atoms with Crippen molar-refractivity contribution in [3.63, 3.8) is 0 Å². The van der Waals surface area contributed by atoms with Crippen LogP contribution in [0.5, 0.6) is 29.1 Å². The highest BCUT2D eigenvalue weighted by molar-refractivity contribution is 7.22. The maximum atomic E-state index is 14.4. The van der Waals surface area contributed by atoms with E-state index >= 15 is 0 Å². The molecule has 1 aliphatic heterocycles. The minimum atomic E-state index is -4.42. The number of aliphatic hydroxyl groups is 1. The van der Waals surface area contributed by atoms with Gasteiger partial charge in [0.05, 0.1) is 29.1 Å². The molecule has 1 saturated heterocycles. The predicted octanol–water partition coefficient (Wildman–Crippen LogP) is 10.3. The molecule has 4 heterocycles. The number of thiophene rings is 1. The number of alkyl halides is 3. The van der Waals surface area contributed by atoms with Crippen molar-refractivity contribution < 1.29 is 55.9 Å². The van der Waals surface area contributed by atoms with Crippen molar-refractivity contribution in [1.82, 2.24) is 29.7 Å². The Labute approximate surface area is 419 Å². The number of carbonyl (C=O) groups is 1. The van der Waals surface area contributed by atoms with Crippen molar-refractivity contribution in [2.45, 2.75) is 83.7 Å².